The summed E-state index contributed by atoms with van der Waals surface area (Å²) in [6, 6.07) is 9.07. The first-order valence-electron chi connectivity index (χ1n) is 8.25. The lowest BCUT2D eigenvalue weighted by atomic mass is 9.75. The summed E-state index contributed by atoms with van der Waals surface area (Å²) in [6.07, 6.45) is 1.16. The maximum absolute atomic E-state index is 12.7. The maximum Gasteiger partial charge on any atom is 0.410 e. The van der Waals surface area contributed by atoms with Crippen molar-refractivity contribution >= 4 is 17.8 Å². The second kappa shape index (κ2) is 6.26. The largest absolute Gasteiger partial charge is 0.481 e. The molecule has 0 aliphatic carbocycles. The quantitative estimate of drug-likeness (QED) is 0.857. The number of nitrogens with zero attached hydrogens (tertiary/aromatic N) is 1. The minimum absolute atomic E-state index is 0.0964. The second-order valence-electron chi connectivity index (χ2n) is 6.50. The van der Waals surface area contributed by atoms with Gasteiger partial charge in [-0.25, -0.2) is 4.79 Å². The van der Waals surface area contributed by atoms with E-state index in [4.69, 9.17) is 4.74 Å². The number of piperidine rings is 1. The molecule has 1 aromatic carbocycles. The van der Waals surface area contributed by atoms with Crippen molar-refractivity contribution in [1.82, 2.24) is 4.90 Å². The summed E-state index contributed by atoms with van der Waals surface area (Å²) in [6.45, 7) is 1.96. The van der Waals surface area contributed by atoms with Crippen molar-refractivity contribution in [2.45, 2.75) is 50.8 Å². The van der Waals surface area contributed by atoms with E-state index in [2.05, 4.69) is 0 Å². The SMILES string of the molecule is CC[C@@]12CC[C@@H](CC(=O)C1C(=O)O)N2C(=O)OCc1ccccc1. The zero-order chi connectivity index (χ0) is 17.3. The number of benzene rings is 1. The van der Waals surface area contributed by atoms with Gasteiger partial charge in [0.25, 0.3) is 0 Å². The first kappa shape index (κ1) is 16.5. The van der Waals surface area contributed by atoms with Crippen molar-refractivity contribution < 1.29 is 24.2 Å². The molecule has 1 aromatic rings. The molecule has 6 heteroatoms. The van der Waals surface area contributed by atoms with E-state index < -0.39 is 23.5 Å². The molecular weight excluding hydrogens is 310 g/mol. The van der Waals surface area contributed by atoms with Crippen LogP contribution in [0.1, 0.15) is 38.2 Å². The van der Waals surface area contributed by atoms with Crippen LogP contribution in [0.3, 0.4) is 0 Å². The molecule has 0 radical (unpaired) electrons. The molecule has 2 saturated heterocycles. The Hall–Kier alpha value is -2.37. The number of hydrogen-bond acceptors (Lipinski definition) is 4. The standard InChI is InChI=1S/C18H21NO5/c1-2-18-9-8-13(10-14(20)15(18)16(21)22)19(18)17(23)24-11-12-6-4-3-5-7-12/h3-7,13,15H,2,8-11H2,1H3,(H,21,22)/t13-,15?,18+/m0/s1. The molecule has 2 heterocycles. The van der Waals surface area contributed by atoms with Crippen molar-refractivity contribution in [2.75, 3.05) is 0 Å². The zero-order valence-electron chi connectivity index (χ0n) is 13.6. The van der Waals surface area contributed by atoms with Crippen molar-refractivity contribution in [3.63, 3.8) is 0 Å². The molecule has 2 bridgehead atoms. The minimum Gasteiger partial charge on any atom is -0.481 e. The summed E-state index contributed by atoms with van der Waals surface area (Å²) in [7, 11) is 0. The fraction of sp³-hybridized carbons (Fsp3) is 0.500. The number of hydrogen-bond donors (Lipinski definition) is 1. The Morgan fingerprint density at radius 2 is 2.04 bits per heavy atom. The van der Waals surface area contributed by atoms with Crippen molar-refractivity contribution in [3.8, 4) is 0 Å². The Kier molecular flexibility index (Phi) is 4.30. The van der Waals surface area contributed by atoms with Gasteiger partial charge in [0, 0.05) is 12.5 Å². The Labute approximate surface area is 140 Å². The van der Waals surface area contributed by atoms with Crippen LogP contribution in [0.5, 0.6) is 0 Å². The highest BCUT2D eigenvalue weighted by atomic mass is 16.6. The van der Waals surface area contributed by atoms with E-state index in [0.717, 1.165) is 5.56 Å². The van der Waals surface area contributed by atoms with Gasteiger partial charge in [-0.15, -0.1) is 0 Å². The van der Waals surface area contributed by atoms with Gasteiger partial charge >= 0.3 is 12.1 Å². The van der Waals surface area contributed by atoms with Crippen molar-refractivity contribution in [1.29, 1.82) is 0 Å². The zero-order valence-corrected chi connectivity index (χ0v) is 13.6. The number of carboxylic acids is 1. The van der Waals surface area contributed by atoms with Crippen LogP contribution in [0.15, 0.2) is 30.3 Å². The fourth-order valence-corrected chi connectivity index (χ4v) is 4.19. The van der Waals surface area contributed by atoms with E-state index in [-0.39, 0.29) is 24.9 Å². The molecule has 0 spiro atoms. The average Bonchev–Trinajstić information content (AvgIpc) is 2.85. The van der Waals surface area contributed by atoms with E-state index in [0.29, 0.717) is 19.3 Å². The fourth-order valence-electron chi connectivity index (χ4n) is 4.19. The highest BCUT2D eigenvalue weighted by Crippen LogP contribution is 2.48. The molecule has 128 valence electrons. The van der Waals surface area contributed by atoms with Gasteiger partial charge in [0.2, 0.25) is 0 Å². The molecule has 6 nitrogen and oxygen atoms in total. The average molecular weight is 331 g/mol. The molecule has 1 unspecified atom stereocenters. The molecule has 2 aliphatic heterocycles. The van der Waals surface area contributed by atoms with Crippen LogP contribution in [0.2, 0.25) is 0 Å². The summed E-state index contributed by atoms with van der Waals surface area (Å²) in [4.78, 5) is 38.1. The summed E-state index contributed by atoms with van der Waals surface area (Å²) in [5, 5.41) is 9.53. The molecule has 3 rings (SSSR count). The molecule has 2 fully saturated rings. The van der Waals surface area contributed by atoms with Crippen LogP contribution in [0.4, 0.5) is 4.79 Å². The number of amides is 1. The van der Waals surface area contributed by atoms with Gasteiger partial charge in [-0.3, -0.25) is 14.5 Å². The van der Waals surface area contributed by atoms with E-state index in [9.17, 15) is 19.5 Å². The highest BCUT2D eigenvalue weighted by Gasteiger charge is 2.61. The second-order valence-corrected chi connectivity index (χ2v) is 6.50. The molecule has 1 amide bonds. The van der Waals surface area contributed by atoms with Crippen LogP contribution < -0.4 is 0 Å². The van der Waals surface area contributed by atoms with Crippen molar-refractivity contribution in [2.24, 2.45) is 5.92 Å². The van der Waals surface area contributed by atoms with Gasteiger partial charge in [-0.2, -0.15) is 0 Å². The number of carbonyl (C=O) groups is 3. The van der Waals surface area contributed by atoms with E-state index in [1.54, 1.807) is 0 Å². The van der Waals surface area contributed by atoms with E-state index in [1.807, 2.05) is 37.3 Å². The summed E-state index contributed by atoms with van der Waals surface area (Å²) in [5.41, 5.74) is -0.0915. The van der Waals surface area contributed by atoms with Crippen molar-refractivity contribution in [3.05, 3.63) is 35.9 Å². The molecule has 3 atom stereocenters. The van der Waals surface area contributed by atoms with Crippen LogP contribution in [-0.4, -0.2) is 39.4 Å². The molecule has 0 aromatic heterocycles. The minimum atomic E-state index is -1.16. The number of rotatable bonds is 4. The van der Waals surface area contributed by atoms with Crippen LogP contribution in [0, 0.1) is 5.92 Å². The number of ether oxygens (including phenoxy) is 1. The van der Waals surface area contributed by atoms with Gasteiger partial charge in [0.15, 0.2) is 5.78 Å². The summed E-state index contributed by atoms with van der Waals surface area (Å²) < 4.78 is 5.42. The Morgan fingerprint density at radius 3 is 2.67 bits per heavy atom. The number of aliphatic carboxylic acids is 1. The lowest BCUT2D eigenvalue weighted by Gasteiger charge is -2.46. The van der Waals surface area contributed by atoms with E-state index >= 15 is 0 Å². The molecule has 0 saturated carbocycles. The molecule has 1 N–H and O–H groups in total. The van der Waals surface area contributed by atoms with Gasteiger partial charge in [-0.1, -0.05) is 37.3 Å². The summed E-state index contributed by atoms with van der Waals surface area (Å²) in [5.74, 6) is -2.59. The third-order valence-electron chi connectivity index (χ3n) is 5.31. The monoisotopic (exact) mass is 331 g/mol. The molecule has 24 heavy (non-hydrogen) atoms. The Morgan fingerprint density at radius 1 is 1.33 bits per heavy atom. The van der Waals surface area contributed by atoms with Gasteiger partial charge in [-0.05, 0) is 24.8 Å². The maximum atomic E-state index is 12.7. The third-order valence-corrected chi connectivity index (χ3v) is 5.31. The van der Waals surface area contributed by atoms with Gasteiger partial charge in [0.1, 0.15) is 12.5 Å². The lowest BCUT2D eigenvalue weighted by molar-refractivity contribution is -0.156. The predicted octanol–water partition coefficient (Wildman–Crippen LogP) is 2.61. The van der Waals surface area contributed by atoms with Crippen LogP contribution in [-0.2, 0) is 20.9 Å². The number of carboxylic acid groups (broad SMARTS) is 1. The number of ketones is 1. The molecule has 2 aliphatic rings. The first-order valence-corrected chi connectivity index (χ1v) is 8.25. The normalized spacial score (nSPS) is 28.7. The third kappa shape index (κ3) is 2.56. The number of Topliss-reactive ketones (excluding diaryl/α,β-unsaturated/α-hetero) is 1. The Bertz CT molecular complexity index is 659. The van der Waals surface area contributed by atoms with Crippen LogP contribution >= 0.6 is 0 Å². The highest BCUT2D eigenvalue weighted by molar-refractivity contribution is 6.02. The smallest absolute Gasteiger partial charge is 0.410 e. The van der Waals surface area contributed by atoms with Gasteiger partial charge < -0.3 is 9.84 Å². The number of fused-ring (bicyclic) bond motifs is 2. The van der Waals surface area contributed by atoms with E-state index in [1.165, 1.54) is 4.90 Å². The van der Waals surface area contributed by atoms with Crippen LogP contribution in [0.25, 0.3) is 0 Å². The first-order chi connectivity index (χ1) is 11.5. The summed E-state index contributed by atoms with van der Waals surface area (Å²) >= 11 is 0. The Balaban J connectivity index is 1.82. The predicted molar refractivity (Wildman–Crippen MR) is 85.3 cm³/mol. The lowest BCUT2D eigenvalue weighted by Crippen LogP contribution is -2.62. The number of carbonyl (C=O) groups excluding carboxylic acids is 2. The topological polar surface area (TPSA) is 83.9 Å². The van der Waals surface area contributed by atoms with Gasteiger partial charge in [0.05, 0.1) is 5.54 Å². The molecular formula is C18H21NO5.